The van der Waals surface area contributed by atoms with E-state index in [1.165, 1.54) is 49.5 Å². The second-order valence-electron chi connectivity index (χ2n) is 9.02. The fourth-order valence-electron chi connectivity index (χ4n) is 4.12. The van der Waals surface area contributed by atoms with Crippen molar-refractivity contribution < 1.29 is 31.9 Å². The highest BCUT2D eigenvalue weighted by Gasteiger charge is 2.33. The first-order chi connectivity index (χ1) is 19.0. The van der Waals surface area contributed by atoms with Gasteiger partial charge in [0.15, 0.2) is 11.5 Å². The first kappa shape index (κ1) is 30.4. The standard InChI is InChI=1S/C29H34FN3O6S/c1-6-31-29(35)21(3)32(18-22-10-8-7-9-20(22)2)28(34)19-33(24-13-11-23(30)12-14-24)40(36,37)25-15-16-26(38-4)27(17-25)39-5/h7-17,21H,6,18-19H2,1-5H3,(H,31,35)/t21-/m0/s1. The van der Waals surface area contributed by atoms with E-state index in [4.69, 9.17) is 9.47 Å². The highest BCUT2D eigenvalue weighted by molar-refractivity contribution is 7.92. The number of carbonyl (C=O) groups excluding carboxylic acids is 2. The van der Waals surface area contributed by atoms with Crippen LogP contribution in [0.2, 0.25) is 0 Å². The number of sulfonamides is 1. The molecule has 0 aliphatic rings. The number of halogens is 1. The Kier molecular flexibility index (Phi) is 10.1. The molecule has 40 heavy (non-hydrogen) atoms. The van der Waals surface area contributed by atoms with Crippen molar-refractivity contribution in [3.05, 3.63) is 83.7 Å². The van der Waals surface area contributed by atoms with Crippen molar-refractivity contribution in [3.8, 4) is 11.5 Å². The third-order valence-corrected chi connectivity index (χ3v) is 8.23. The first-order valence-electron chi connectivity index (χ1n) is 12.7. The van der Waals surface area contributed by atoms with Gasteiger partial charge in [-0.1, -0.05) is 24.3 Å². The number of rotatable bonds is 12. The summed E-state index contributed by atoms with van der Waals surface area (Å²) in [5.74, 6) is -1.05. The van der Waals surface area contributed by atoms with Crippen LogP contribution in [0.25, 0.3) is 0 Å². The van der Waals surface area contributed by atoms with Crippen LogP contribution in [0.4, 0.5) is 10.1 Å². The number of nitrogens with zero attached hydrogens (tertiary/aromatic N) is 2. The molecule has 0 aliphatic carbocycles. The normalized spacial score (nSPS) is 11.8. The van der Waals surface area contributed by atoms with Gasteiger partial charge in [-0.25, -0.2) is 12.8 Å². The number of amides is 2. The molecule has 0 spiro atoms. The minimum atomic E-state index is -4.36. The average molecular weight is 572 g/mol. The highest BCUT2D eigenvalue weighted by atomic mass is 32.2. The first-order valence-corrected chi connectivity index (χ1v) is 14.1. The Bertz CT molecular complexity index is 1450. The Balaban J connectivity index is 2.08. The summed E-state index contributed by atoms with van der Waals surface area (Å²) in [6, 6.07) is 15.4. The molecule has 11 heteroatoms. The van der Waals surface area contributed by atoms with Gasteiger partial charge < -0.3 is 19.7 Å². The molecule has 0 heterocycles. The molecule has 0 unspecified atom stereocenters. The lowest BCUT2D eigenvalue weighted by atomic mass is 10.1. The number of hydrogen-bond acceptors (Lipinski definition) is 6. The number of carbonyl (C=O) groups is 2. The molecule has 0 bridgehead atoms. The van der Waals surface area contributed by atoms with Gasteiger partial charge in [0.25, 0.3) is 10.0 Å². The molecule has 1 atom stereocenters. The van der Waals surface area contributed by atoms with Crippen LogP contribution >= 0.6 is 0 Å². The van der Waals surface area contributed by atoms with Crippen molar-refractivity contribution in [1.29, 1.82) is 0 Å². The average Bonchev–Trinajstić information content (AvgIpc) is 2.95. The SMILES string of the molecule is CCNC(=O)[C@H](C)N(Cc1ccccc1C)C(=O)CN(c1ccc(F)cc1)S(=O)(=O)c1ccc(OC)c(OC)c1. The zero-order valence-corrected chi connectivity index (χ0v) is 24.0. The summed E-state index contributed by atoms with van der Waals surface area (Å²) in [4.78, 5) is 27.9. The zero-order chi connectivity index (χ0) is 29.4. The predicted octanol–water partition coefficient (Wildman–Crippen LogP) is 3.90. The molecule has 3 aromatic rings. The van der Waals surface area contributed by atoms with E-state index in [-0.39, 0.29) is 28.8 Å². The summed E-state index contributed by atoms with van der Waals surface area (Å²) >= 11 is 0. The van der Waals surface area contributed by atoms with E-state index in [1.807, 2.05) is 31.2 Å². The van der Waals surface area contributed by atoms with Crippen molar-refractivity contribution in [3.63, 3.8) is 0 Å². The number of methoxy groups -OCH3 is 2. The van der Waals surface area contributed by atoms with E-state index in [1.54, 1.807) is 13.8 Å². The zero-order valence-electron chi connectivity index (χ0n) is 23.2. The molecule has 9 nitrogen and oxygen atoms in total. The van der Waals surface area contributed by atoms with Crippen LogP contribution in [0, 0.1) is 12.7 Å². The van der Waals surface area contributed by atoms with Crippen LogP contribution in [-0.4, -0.2) is 58.5 Å². The van der Waals surface area contributed by atoms with Crippen LogP contribution in [0.3, 0.4) is 0 Å². The Hall–Kier alpha value is -4.12. The van der Waals surface area contributed by atoms with E-state index < -0.39 is 34.3 Å². The molecule has 2 amide bonds. The summed E-state index contributed by atoms with van der Waals surface area (Å²) in [6.45, 7) is 5.05. The van der Waals surface area contributed by atoms with Gasteiger partial charge in [0.1, 0.15) is 18.4 Å². The van der Waals surface area contributed by atoms with E-state index in [0.717, 1.165) is 27.6 Å². The van der Waals surface area contributed by atoms with Gasteiger partial charge >= 0.3 is 0 Å². The predicted molar refractivity (Wildman–Crippen MR) is 150 cm³/mol. The van der Waals surface area contributed by atoms with Gasteiger partial charge in [0, 0.05) is 19.2 Å². The number of ether oxygens (including phenoxy) is 2. The second kappa shape index (κ2) is 13.3. The van der Waals surface area contributed by atoms with Gasteiger partial charge in [-0.2, -0.15) is 0 Å². The van der Waals surface area contributed by atoms with Crippen LogP contribution < -0.4 is 19.1 Å². The lowest BCUT2D eigenvalue weighted by molar-refractivity contribution is -0.139. The molecular formula is C29H34FN3O6S. The smallest absolute Gasteiger partial charge is 0.264 e. The van der Waals surface area contributed by atoms with Gasteiger partial charge in [0.05, 0.1) is 24.8 Å². The molecule has 0 saturated heterocycles. The maximum absolute atomic E-state index is 13.9. The molecule has 1 N–H and O–H groups in total. The largest absolute Gasteiger partial charge is 0.493 e. The maximum Gasteiger partial charge on any atom is 0.264 e. The third-order valence-electron chi connectivity index (χ3n) is 6.46. The van der Waals surface area contributed by atoms with Crippen LogP contribution in [0.15, 0.2) is 71.6 Å². The minimum Gasteiger partial charge on any atom is -0.493 e. The molecule has 214 valence electrons. The van der Waals surface area contributed by atoms with Crippen molar-refractivity contribution in [2.24, 2.45) is 0 Å². The highest BCUT2D eigenvalue weighted by Crippen LogP contribution is 2.32. The number of anilines is 1. The summed E-state index contributed by atoms with van der Waals surface area (Å²) in [5.41, 5.74) is 1.80. The quantitative estimate of drug-likeness (QED) is 0.354. The van der Waals surface area contributed by atoms with Crippen molar-refractivity contribution in [1.82, 2.24) is 10.2 Å². The number of hydrogen-bond donors (Lipinski definition) is 1. The van der Waals surface area contributed by atoms with Crippen molar-refractivity contribution >= 4 is 27.5 Å². The van der Waals surface area contributed by atoms with Crippen molar-refractivity contribution in [2.75, 3.05) is 31.6 Å². The maximum atomic E-state index is 13.9. The summed E-state index contributed by atoms with van der Waals surface area (Å²) in [5, 5.41) is 2.72. The van der Waals surface area contributed by atoms with Gasteiger partial charge in [0.2, 0.25) is 11.8 Å². The number of benzene rings is 3. The molecule has 0 aromatic heterocycles. The number of likely N-dealkylation sites (N-methyl/N-ethyl adjacent to an activating group) is 1. The lowest BCUT2D eigenvalue weighted by Crippen LogP contribution is -2.51. The van der Waals surface area contributed by atoms with Crippen LogP contribution in [-0.2, 0) is 26.2 Å². The Morgan fingerprint density at radius 3 is 2.23 bits per heavy atom. The Labute approximate surface area is 234 Å². The van der Waals surface area contributed by atoms with E-state index in [0.29, 0.717) is 12.3 Å². The molecular weight excluding hydrogens is 537 g/mol. The van der Waals surface area contributed by atoms with Crippen LogP contribution in [0.5, 0.6) is 11.5 Å². The van der Waals surface area contributed by atoms with Gasteiger partial charge in [-0.15, -0.1) is 0 Å². The van der Waals surface area contributed by atoms with E-state index in [2.05, 4.69) is 5.32 Å². The Morgan fingerprint density at radius 1 is 0.975 bits per heavy atom. The number of nitrogens with one attached hydrogen (secondary N) is 1. The van der Waals surface area contributed by atoms with Crippen LogP contribution in [0.1, 0.15) is 25.0 Å². The summed E-state index contributed by atoms with van der Waals surface area (Å²) in [7, 11) is -1.56. The fraction of sp³-hybridized carbons (Fsp3) is 0.310. The summed E-state index contributed by atoms with van der Waals surface area (Å²) in [6.07, 6.45) is 0. The van der Waals surface area contributed by atoms with Crippen molar-refractivity contribution in [2.45, 2.75) is 38.3 Å². The topological polar surface area (TPSA) is 105 Å². The molecule has 3 aromatic carbocycles. The van der Waals surface area contributed by atoms with E-state index in [9.17, 15) is 22.4 Å². The number of aryl methyl sites for hydroxylation is 1. The summed E-state index contributed by atoms with van der Waals surface area (Å²) < 4.78 is 53.1. The molecule has 0 radical (unpaired) electrons. The minimum absolute atomic E-state index is 0.0750. The van der Waals surface area contributed by atoms with Gasteiger partial charge in [-0.3, -0.25) is 13.9 Å². The molecule has 0 fully saturated rings. The molecule has 0 saturated carbocycles. The lowest BCUT2D eigenvalue weighted by Gasteiger charge is -2.32. The van der Waals surface area contributed by atoms with Gasteiger partial charge in [-0.05, 0) is 68.3 Å². The fourth-order valence-corrected chi connectivity index (χ4v) is 5.55. The molecule has 0 aliphatic heterocycles. The monoisotopic (exact) mass is 571 g/mol. The van der Waals surface area contributed by atoms with E-state index >= 15 is 0 Å². The second-order valence-corrected chi connectivity index (χ2v) is 10.9. The third kappa shape index (κ3) is 6.90. The molecule has 3 rings (SSSR count). The Morgan fingerprint density at radius 2 is 1.62 bits per heavy atom.